The molecule has 0 radical (unpaired) electrons. The first-order chi connectivity index (χ1) is 16.0. The highest BCUT2D eigenvalue weighted by atomic mass is 16.6. The summed E-state index contributed by atoms with van der Waals surface area (Å²) in [6.07, 6.45) is -1.87. The second kappa shape index (κ2) is 13.7. The summed E-state index contributed by atoms with van der Waals surface area (Å²) in [6, 6.07) is 0. The number of carbonyl (C=O) groups excluding carboxylic acids is 1. The molecule has 9 heteroatoms. The number of fused-ring (bicyclic) bond motifs is 1. The van der Waals surface area contributed by atoms with Crippen molar-refractivity contribution in [3.63, 3.8) is 0 Å². The van der Waals surface area contributed by atoms with Crippen molar-refractivity contribution in [2.45, 2.75) is 115 Å². The van der Waals surface area contributed by atoms with Gasteiger partial charge in [-0.05, 0) is 57.8 Å². The first-order valence-corrected chi connectivity index (χ1v) is 12.5. The molecule has 2 aliphatic rings. The molecule has 0 aromatic carbocycles. The summed E-state index contributed by atoms with van der Waals surface area (Å²) in [6.45, 7) is 5.47. The van der Waals surface area contributed by atoms with Gasteiger partial charge in [-0.25, -0.2) is 0 Å². The van der Waals surface area contributed by atoms with Crippen LogP contribution in [0, 0.1) is 17.2 Å². The van der Waals surface area contributed by atoms with E-state index in [9.17, 15) is 30.3 Å². The monoisotopic (exact) mass is 485 g/mol. The number of aliphatic hydroxyl groups is 5. The van der Waals surface area contributed by atoms with Gasteiger partial charge in [-0.3, -0.25) is 4.79 Å². The summed E-state index contributed by atoms with van der Waals surface area (Å²) in [5.74, 6) is -0.298. The number of ketones is 1. The second-order valence-corrected chi connectivity index (χ2v) is 10.1. The van der Waals surface area contributed by atoms with Gasteiger partial charge < -0.3 is 40.4 Å². The molecule has 0 bridgehead atoms. The predicted octanol–water partition coefficient (Wildman–Crippen LogP) is 2.39. The Hall–Kier alpha value is -1.36. The predicted molar refractivity (Wildman–Crippen MR) is 127 cm³/mol. The van der Waals surface area contributed by atoms with Crippen molar-refractivity contribution in [1.82, 2.24) is 0 Å². The van der Waals surface area contributed by atoms with Gasteiger partial charge in [0.15, 0.2) is 6.29 Å². The lowest BCUT2D eigenvalue weighted by molar-refractivity contribution is -0.133. The molecular weight excluding hydrogens is 442 g/mol. The molecule has 8 atom stereocenters. The highest BCUT2D eigenvalue weighted by Gasteiger charge is 2.36. The van der Waals surface area contributed by atoms with E-state index in [1.54, 1.807) is 0 Å². The Morgan fingerprint density at radius 3 is 2.44 bits per heavy atom. The van der Waals surface area contributed by atoms with E-state index >= 15 is 0 Å². The summed E-state index contributed by atoms with van der Waals surface area (Å²) < 4.78 is 11.8. The summed E-state index contributed by atoms with van der Waals surface area (Å²) in [5.41, 5.74) is 0.749. The Morgan fingerprint density at radius 1 is 1.09 bits per heavy atom. The number of nitrogens with one attached hydrogen (secondary N) is 1. The molecule has 2 rings (SSSR count). The molecule has 1 aliphatic carbocycles. The molecule has 0 aromatic heterocycles. The van der Waals surface area contributed by atoms with Gasteiger partial charge in [0.1, 0.15) is 11.9 Å². The maximum Gasteiger partial charge on any atom is 0.181 e. The van der Waals surface area contributed by atoms with Crippen LogP contribution in [-0.2, 0) is 14.3 Å². The number of carbonyl (C=O) groups is 1. The van der Waals surface area contributed by atoms with Gasteiger partial charge in [-0.15, -0.1) is 0 Å². The van der Waals surface area contributed by atoms with Crippen LogP contribution in [0.15, 0.2) is 11.3 Å². The quantitative estimate of drug-likeness (QED) is 0.313. The van der Waals surface area contributed by atoms with Crippen molar-refractivity contribution in [3.05, 3.63) is 11.3 Å². The zero-order valence-corrected chi connectivity index (χ0v) is 20.7. The van der Waals surface area contributed by atoms with Crippen LogP contribution < -0.4 is 0 Å². The smallest absolute Gasteiger partial charge is 0.181 e. The molecular formula is C25H43NO8. The fourth-order valence-corrected chi connectivity index (χ4v) is 4.83. The van der Waals surface area contributed by atoms with E-state index in [0.717, 1.165) is 0 Å². The highest BCUT2D eigenvalue weighted by molar-refractivity contribution is 5.99. The SMILES string of the molecule is CC(=O)CC(=N)CCOC1CC(O)=C2C(CCCC(O)[C@H](O)C(O)CC[C@H](C)C(C)OC2O)C1. The number of Topliss-reactive ketones (excluding diaryl/α,β-unsaturated/α-hetero) is 1. The molecule has 1 aliphatic heterocycles. The maximum absolute atomic E-state index is 11.2. The van der Waals surface area contributed by atoms with Gasteiger partial charge in [0.05, 0.1) is 36.8 Å². The third-order valence-corrected chi connectivity index (χ3v) is 7.13. The van der Waals surface area contributed by atoms with E-state index < -0.39 is 24.6 Å². The molecule has 0 aromatic rings. The molecule has 1 heterocycles. The minimum Gasteiger partial charge on any atom is -0.512 e. The molecule has 0 saturated carbocycles. The number of ether oxygens (including phenoxy) is 2. The lowest BCUT2D eigenvalue weighted by Crippen LogP contribution is -2.39. The van der Waals surface area contributed by atoms with Crippen molar-refractivity contribution in [2.24, 2.45) is 11.8 Å². The average molecular weight is 486 g/mol. The minimum atomic E-state index is -1.27. The van der Waals surface area contributed by atoms with Crippen molar-refractivity contribution >= 4 is 11.5 Å². The van der Waals surface area contributed by atoms with Gasteiger partial charge in [0.25, 0.3) is 0 Å². The van der Waals surface area contributed by atoms with Crippen LogP contribution >= 0.6 is 0 Å². The van der Waals surface area contributed by atoms with Crippen LogP contribution in [0.4, 0.5) is 0 Å². The Morgan fingerprint density at radius 2 is 1.76 bits per heavy atom. The van der Waals surface area contributed by atoms with E-state index in [1.807, 2.05) is 13.8 Å². The Bertz CT molecular complexity index is 711. The minimum absolute atomic E-state index is 0.0252. The summed E-state index contributed by atoms with van der Waals surface area (Å²) >= 11 is 0. The first-order valence-electron chi connectivity index (χ1n) is 12.5. The van der Waals surface area contributed by atoms with Gasteiger partial charge in [-0.1, -0.05) is 13.3 Å². The third kappa shape index (κ3) is 8.70. The van der Waals surface area contributed by atoms with Gasteiger partial charge >= 0.3 is 0 Å². The summed E-state index contributed by atoms with van der Waals surface area (Å²) in [5, 5.41) is 60.4. The average Bonchev–Trinajstić information content (AvgIpc) is 2.75. The van der Waals surface area contributed by atoms with Crippen LogP contribution in [0.2, 0.25) is 0 Å². The Kier molecular flexibility index (Phi) is 11.6. The zero-order valence-electron chi connectivity index (χ0n) is 20.7. The molecule has 196 valence electrons. The van der Waals surface area contributed by atoms with Crippen molar-refractivity contribution in [2.75, 3.05) is 6.61 Å². The van der Waals surface area contributed by atoms with E-state index in [4.69, 9.17) is 14.9 Å². The standard InChI is InChI=1S/C25H43NO8/c1-14-7-8-21(29)24(31)20(28)6-4-5-17-12-19(33-10-9-18(26)11-15(2)27)13-22(30)23(17)25(32)34-16(14)3/h14,16-17,19-21,24-26,28-32H,4-13H2,1-3H3/t14-,16?,17?,19?,20?,21?,24-,25?/m0/s1. The van der Waals surface area contributed by atoms with Gasteiger partial charge in [0, 0.05) is 30.5 Å². The van der Waals surface area contributed by atoms with Crippen LogP contribution in [0.3, 0.4) is 0 Å². The number of hydrogen-bond donors (Lipinski definition) is 6. The topological polar surface area (TPSA) is 161 Å². The third-order valence-electron chi connectivity index (χ3n) is 7.13. The normalized spacial score (nSPS) is 36.4. The molecule has 6 unspecified atom stereocenters. The zero-order chi connectivity index (χ0) is 25.4. The van der Waals surface area contributed by atoms with Crippen molar-refractivity contribution < 1.29 is 39.8 Å². The van der Waals surface area contributed by atoms with E-state index in [-0.39, 0.29) is 61.5 Å². The number of aliphatic hydroxyl groups excluding tert-OH is 5. The summed E-state index contributed by atoms with van der Waals surface area (Å²) in [7, 11) is 0. The van der Waals surface area contributed by atoms with E-state index in [2.05, 4.69) is 0 Å². The Labute approximate surface area is 202 Å². The highest BCUT2D eigenvalue weighted by Crippen LogP contribution is 2.37. The lowest BCUT2D eigenvalue weighted by atomic mass is 9.80. The largest absolute Gasteiger partial charge is 0.512 e. The fourth-order valence-electron chi connectivity index (χ4n) is 4.83. The maximum atomic E-state index is 11.2. The summed E-state index contributed by atoms with van der Waals surface area (Å²) in [4.78, 5) is 11.2. The molecule has 0 amide bonds. The van der Waals surface area contributed by atoms with E-state index in [1.165, 1.54) is 6.92 Å². The number of hydrogen-bond acceptors (Lipinski definition) is 9. The first kappa shape index (κ1) is 28.9. The van der Waals surface area contributed by atoms with Crippen LogP contribution in [0.25, 0.3) is 0 Å². The molecule has 1 saturated heterocycles. The van der Waals surface area contributed by atoms with Crippen LogP contribution in [0.1, 0.15) is 78.6 Å². The molecule has 34 heavy (non-hydrogen) atoms. The van der Waals surface area contributed by atoms with Gasteiger partial charge in [-0.2, -0.15) is 0 Å². The van der Waals surface area contributed by atoms with Gasteiger partial charge in [0.2, 0.25) is 0 Å². The molecule has 0 spiro atoms. The number of rotatable bonds is 6. The van der Waals surface area contributed by atoms with Crippen molar-refractivity contribution in [1.29, 1.82) is 5.41 Å². The fraction of sp³-hybridized carbons (Fsp3) is 0.840. The molecule has 1 fully saturated rings. The van der Waals surface area contributed by atoms with Crippen molar-refractivity contribution in [3.8, 4) is 0 Å². The van der Waals surface area contributed by atoms with Crippen LogP contribution in [-0.4, -0.2) is 80.4 Å². The molecule has 9 nitrogen and oxygen atoms in total. The Balaban J connectivity index is 2.12. The lowest BCUT2D eigenvalue weighted by Gasteiger charge is -2.36. The second-order valence-electron chi connectivity index (χ2n) is 10.1. The molecule has 6 N–H and O–H groups in total. The van der Waals surface area contributed by atoms with Crippen LogP contribution in [0.5, 0.6) is 0 Å². The van der Waals surface area contributed by atoms with E-state index in [0.29, 0.717) is 49.8 Å².